The van der Waals surface area contributed by atoms with Crippen molar-refractivity contribution < 1.29 is 24.0 Å². The van der Waals surface area contributed by atoms with Gasteiger partial charge in [-0.3, -0.25) is 9.59 Å². The molecule has 2 heterocycles. The summed E-state index contributed by atoms with van der Waals surface area (Å²) in [5.74, 6) is 1.51. The second-order valence-corrected chi connectivity index (χ2v) is 7.48. The molecule has 3 rings (SSSR count). The number of rotatable bonds is 8. The number of nitrogens with one attached hydrogen (secondary N) is 1. The van der Waals surface area contributed by atoms with Crippen molar-refractivity contribution in [2.24, 2.45) is 0 Å². The number of hydrogen-bond acceptors (Lipinski definition) is 4. The first-order valence-corrected chi connectivity index (χ1v) is 10.4. The van der Waals surface area contributed by atoms with Crippen molar-refractivity contribution in [2.45, 2.75) is 26.2 Å². The number of carbonyl (C=O) groups is 2. The molecule has 2 saturated heterocycles. The van der Waals surface area contributed by atoms with Gasteiger partial charge in [0.05, 0.1) is 32.8 Å². The van der Waals surface area contributed by atoms with Crippen LogP contribution in [-0.2, 0) is 9.59 Å². The summed E-state index contributed by atoms with van der Waals surface area (Å²) in [7, 11) is 0. The number of likely N-dealkylation sites (tertiary alicyclic amines) is 1. The third-order valence-corrected chi connectivity index (χ3v) is 5.35. The smallest absolute Gasteiger partial charge is 0.277 e. The molecule has 0 aromatic heterocycles. The maximum atomic E-state index is 12.5. The lowest BCUT2D eigenvalue weighted by Crippen LogP contribution is -3.15. The van der Waals surface area contributed by atoms with E-state index in [0.29, 0.717) is 37.7 Å². The molecule has 7 heteroatoms. The second-order valence-electron chi connectivity index (χ2n) is 7.48. The fraction of sp³-hybridized carbons (Fsp3) is 0.619. The van der Waals surface area contributed by atoms with Gasteiger partial charge in [0, 0.05) is 13.1 Å². The number of carbonyl (C=O) groups excluding carboxylic acids is 2. The van der Waals surface area contributed by atoms with Crippen LogP contribution in [0, 0.1) is 0 Å². The maximum absolute atomic E-state index is 12.5. The van der Waals surface area contributed by atoms with Gasteiger partial charge in [0.1, 0.15) is 0 Å². The van der Waals surface area contributed by atoms with Crippen LogP contribution in [0.2, 0.25) is 0 Å². The largest absolute Gasteiger partial charge is 0.490 e. The number of hydrogen-bond donors (Lipinski definition) is 1. The van der Waals surface area contributed by atoms with E-state index >= 15 is 0 Å². The van der Waals surface area contributed by atoms with Crippen molar-refractivity contribution in [1.29, 1.82) is 0 Å². The van der Waals surface area contributed by atoms with E-state index in [4.69, 9.17) is 9.47 Å². The van der Waals surface area contributed by atoms with E-state index in [2.05, 4.69) is 0 Å². The predicted octanol–water partition coefficient (Wildman–Crippen LogP) is 0.204. The quantitative estimate of drug-likeness (QED) is 0.689. The van der Waals surface area contributed by atoms with Crippen LogP contribution in [0.1, 0.15) is 26.2 Å². The Bertz CT molecular complexity index is 653. The minimum atomic E-state index is -0.0183. The molecule has 0 bridgehead atoms. The first-order chi connectivity index (χ1) is 13.7. The summed E-state index contributed by atoms with van der Waals surface area (Å²) in [6.07, 6.45) is 3.16. The summed E-state index contributed by atoms with van der Waals surface area (Å²) in [6, 6.07) is 7.45. The normalized spacial score (nSPS) is 17.6. The number of benzene rings is 1. The molecule has 2 fully saturated rings. The Balaban J connectivity index is 1.41. The summed E-state index contributed by atoms with van der Waals surface area (Å²) in [4.78, 5) is 29.9. The van der Waals surface area contributed by atoms with Gasteiger partial charge in [0.2, 0.25) is 0 Å². The zero-order valence-electron chi connectivity index (χ0n) is 16.8. The molecular weight excluding hydrogens is 358 g/mol. The van der Waals surface area contributed by atoms with Crippen LogP contribution >= 0.6 is 0 Å². The minimum Gasteiger partial charge on any atom is -0.490 e. The average Bonchev–Trinajstić information content (AvgIpc) is 3.26. The van der Waals surface area contributed by atoms with E-state index < -0.39 is 0 Å². The van der Waals surface area contributed by atoms with E-state index in [9.17, 15) is 9.59 Å². The molecule has 154 valence electrons. The van der Waals surface area contributed by atoms with E-state index in [1.165, 1.54) is 4.90 Å². The number of quaternary nitrogens is 1. The van der Waals surface area contributed by atoms with Crippen LogP contribution in [0.15, 0.2) is 24.3 Å². The van der Waals surface area contributed by atoms with Gasteiger partial charge in [0.15, 0.2) is 24.7 Å². The Morgan fingerprint density at radius 3 is 2.18 bits per heavy atom. The zero-order chi connectivity index (χ0) is 19.8. The Kier molecular flexibility index (Phi) is 7.54. The molecule has 1 aromatic carbocycles. The Hall–Kier alpha value is -2.28. The van der Waals surface area contributed by atoms with Crippen LogP contribution in [-0.4, -0.2) is 80.6 Å². The summed E-state index contributed by atoms with van der Waals surface area (Å²) in [5, 5.41) is 0. The summed E-state index contributed by atoms with van der Waals surface area (Å²) in [5.41, 5.74) is 0. The van der Waals surface area contributed by atoms with Gasteiger partial charge in [-0.15, -0.1) is 0 Å². The molecule has 0 saturated carbocycles. The molecule has 1 aromatic rings. The van der Waals surface area contributed by atoms with Gasteiger partial charge >= 0.3 is 0 Å². The lowest BCUT2D eigenvalue weighted by molar-refractivity contribution is -0.896. The molecule has 0 unspecified atom stereocenters. The highest BCUT2D eigenvalue weighted by atomic mass is 16.5. The number of amides is 2. The van der Waals surface area contributed by atoms with E-state index in [0.717, 1.165) is 45.4 Å². The van der Waals surface area contributed by atoms with Crippen molar-refractivity contribution in [1.82, 2.24) is 9.80 Å². The molecule has 0 atom stereocenters. The van der Waals surface area contributed by atoms with Crippen LogP contribution in [0.3, 0.4) is 0 Å². The predicted molar refractivity (Wildman–Crippen MR) is 106 cm³/mol. The van der Waals surface area contributed by atoms with Crippen molar-refractivity contribution in [2.75, 3.05) is 59.0 Å². The van der Waals surface area contributed by atoms with Crippen molar-refractivity contribution in [3.05, 3.63) is 24.3 Å². The molecular formula is C21H32N3O4+. The minimum absolute atomic E-state index is 0.00847. The summed E-state index contributed by atoms with van der Waals surface area (Å²) < 4.78 is 11.4. The standard InChI is InChI=1S/C21H31N3O4/c1-2-15-27-18-7-3-4-8-19(18)28-17-21(26)24-13-11-22(12-14-24)16-20(25)23-9-5-6-10-23/h3-4,7-8H,2,5-6,9-17H2,1H3/p+1. The second kappa shape index (κ2) is 10.3. The summed E-state index contributed by atoms with van der Waals surface area (Å²) >= 11 is 0. The lowest BCUT2D eigenvalue weighted by Gasteiger charge is -2.32. The number of piperazine rings is 1. The van der Waals surface area contributed by atoms with Gasteiger partial charge in [-0.1, -0.05) is 19.1 Å². The average molecular weight is 391 g/mol. The van der Waals surface area contributed by atoms with Gasteiger partial charge in [-0.25, -0.2) is 0 Å². The fourth-order valence-corrected chi connectivity index (χ4v) is 3.67. The van der Waals surface area contributed by atoms with Gasteiger partial charge in [-0.2, -0.15) is 0 Å². The molecule has 2 amide bonds. The Labute approximate surface area is 167 Å². The maximum Gasteiger partial charge on any atom is 0.277 e. The first kappa shape index (κ1) is 20.5. The Morgan fingerprint density at radius 2 is 1.54 bits per heavy atom. The highest BCUT2D eigenvalue weighted by Gasteiger charge is 2.28. The SMILES string of the molecule is CCCOc1ccccc1OCC(=O)N1CC[NH+](CC(=O)N2CCCC2)CC1. The molecule has 0 radical (unpaired) electrons. The van der Waals surface area contributed by atoms with Gasteiger partial charge < -0.3 is 24.2 Å². The Morgan fingerprint density at radius 1 is 0.929 bits per heavy atom. The highest BCUT2D eigenvalue weighted by Crippen LogP contribution is 2.26. The topological polar surface area (TPSA) is 63.5 Å². The van der Waals surface area contributed by atoms with Crippen LogP contribution in [0.25, 0.3) is 0 Å². The fourth-order valence-electron chi connectivity index (χ4n) is 3.67. The van der Waals surface area contributed by atoms with Gasteiger partial charge in [0.25, 0.3) is 11.8 Å². The summed E-state index contributed by atoms with van der Waals surface area (Å²) in [6.45, 7) is 7.97. The third-order valence-electron chi connectivity index (χ3n) is 5.35. The zero-order valence-corrected chi connectivity index (χ0v) is 16.8. The van der Waals surface area contributed by atoms with Crippen LogP contribution < -0.4 is 14.4 Å². The van der Waals surface area contributed by atoms with E-state index in [1.54, 1.807) is 0 Å². The number of ether oxygens (including phenoxy) is 2. The van der Waals surface area contributed by atoms with Crippen molar-refractivity contribution in [3.8, 4) is 11.5 Å². The third kappa shape index (κ3) is 5.61. The molecule has 7 nitrogen and oxygen atoms in total. The van der Waals surface area contributed by atoms with Crippen LogP contribution in [0.4, 0.5) is 0 Å². The van der Waals surface area contributed by atoms with E-state index in [1.807, 2.05) is 41.0 Å². The number of nitrogens with zero attached hydrogens (tertiary/aromatic N) is 2. The molecule has 2 aliphatic heterocycles. The highest BCUT2D eigenvalue weighted by molar-refractivity contribution is 5.78. The molecule has 0 aliphatic carbocycles. The van der Waals surface area contributed by atoms with Crippen LogP contribution in [0.5, 0.6) is 11.5 Å². The molecule has 2 aliphatic rings. The van der Waals surface area contributed by atoms with Gasteiger partial charge in [-0.05, 0) is 31.4 Å². The number of para-hydroxylation sites is 2. The molecule has 1 N–H and O–H groups in total. The monoisotopic (exact) mass is 390 g/mol. The van der Waals surface area contributed by atoms with E-state index in [-0.39, 0.29) is 18.4 Å². The molecule has 0 spiro atoms. The molecule has 28 heavy (non-hydrogen) atoms. The van der Waals surface area contributed by atoms with Crippen molar-refractivity contribution in [3.63, 3.8) is 0 Å². The lowest BCUT2D eigenvalue weighted by atomic mass is 10.3. The van der Waals surface area contributed by atoms with Crippen molar-refractivity contribution >= 4 is 11.8 Å². The first-order valence-electron chi connectivity index (χ1n) is 10.4.